The van der Waals surface area contributed by atoms with E-state index in [1.165, 1.54) is 26.4 Å². The van der Waals surface area contributed by atoms with Gasteiger partial charge in [0, 0.05) is 19.0 Å². The first-order valence-corrected chi connectivity index (χ1v) is 11.6. The van der Waals surface area contributed by atoms with Gasteiger partial charge in [-0.3, -0.25) is 4.79 Å². The van der Waals surface area contributed by atoms with Crippen molar-refractivity contribution in [2.75, 3.05) is 32.8 Å². The summed E-state index contributed by atoms with van der Waals surface area (Å²) in [7, 11) is 0.709. The van der Waals surface area contributed by atoms with Gasteiger partial charge in [0.2, 0.25) is 15.9 Å². The Morgan fingerprint density at radius 3 is 2.26 bits per heavy atom. The highest BCUT2D eigenvalue weighted by molar-refractivity contribution is 7.89. The van der Waals surface area contributed by atoms with Crippen molar-refractivity contribution in [3.05, 3.63) is 42.0 Å². The molecule has 31 heavy (non-hydrogen) atoms. The van der Waals surface area contributed by atoms with Gasteiger partial charge in [0.15, 0.2) is 11.5 Å². The largest absolute Gasteiger partial charge is 0.495 e. The first-order chi connectivity index (χ1) is 14.8. The normalized spacial score (nSPS) is 15.1. The van der Waals surface area contributed by atoms with Crippen molar-refractivity contribution in [3.63, 3.8) is 0 Å². The molecule has 1 fully saturated rings. The smallest absolute Gasteiger partial charge is 0.241 e. The SMILES string of the molecule is CCC(NS(=O)(=O)c1ccc(OC)c(N2CCCC2=O)c1)c1ccc(OC)c(OC)c1. The zero-order valence-electron chi connectivity index (χ0n) is 18.2. The van der Waals surface area contributed by atoms with Crippen molar-refractivity contribution in [1.29, 1.82) is 0 Å². The van der Waals surface area contributed by atoms with Crippen LogP contribution in [0.5, 0.6) is 17.2 Å². The third-order valence-corrected chi connectivity index (χ3v) is 6.81. The number of anilines is 1. The van der Waals surface area contributed by atoms with Gasteiger partial charge in [0.1, 0.15) is 5.75 Å². The molecule has 2 aromatic carbocycles. The highest BCUT2D eigenvalue weighted by atomic mass is 32.2. The van der Waals surface area contributed by atoms with Crippen LogP contribution in [-0.4, -0.2) is 42.2 Å². The predicted molar refractivity (Wildman–Crippen MR) is 117 cm³/mol. The second kappa shape index (κ2) is 9.57. The molecule has 0 saturated carbocycles. The Labute approximate surface area is 183 Å². The average molecular weight is 449 g/mol. The van der Waals surface area contributed by atoms with Crippen LogP contribution in [0, 0.1) is 0 Å². The van der Waals surface area contributed by atoms with Gasteiger partial charge in [-0.1, -0.05) is 13.0 Å². The van der Waals surface area contributed by atoms with Crippen LogP contribution in [-0.2, 0) is 14.8 Å². The Morgan fingerprint density at radius 1 is 1.00 bits per heavy atom. The highest BCUT2D eigenvalue weighted by Crippen LogP contribution is 2.35. The molecule has 1 aliphatic rings. The van der Waals surface area contributed by atoms with Crippen LogP contribution >= 0.6 is 0 Å². The number of hydrogen-bond donors (Lipinski definition) is 1. The summed E-state index contributed by atoms with van der Waals surface area (Å²) in [5, 5.41) is 0. The summed E-state index contributed by atoms with van der Waals surface area (Å²) in [4.78, 5) is 13.9. The Bertz CT molecular complexity index is 1050. The molecule has 9 heteroatoms. The van der Waals surface area contributed by atoms with Gasteiger partial charge >= 0.3 is 0 Å². The van der Waals surface area contributed by atoms with Crippen molar-refractivity contribution >= 4 is 21.6 Å². The molecule has 1 heterocycles. The first-order valence-electron chi connectivity index (χ1n) is 10.1. The zero-order chi connectivity index (χ0) is 22.6. The fourth-order valence-electron chi connectivity index (χ4n) is 3.66. The van der Waals surface area contributed by atoms with Crippen molar-refractivity contribution in [3.8, 4) is 17.2 Å². The number of carbonyl (C=O) groups excluding carboxylic acids is 1. The number of amides is 1. The third kappa shape index (κ3) is 4.77. The summed E-state index contributed by atoms with van der Waals surface area (Å²) < 4.78 is 45.1. The summed E-state index contributed by atoms with van der Waals surface area (Å²) in [5.74, 6) is 1.51. The fourth-order valence-corrected chi connectivity index (χ4v) is 4.99. The highest BCUT2D eigenvalue weighted by Gasteiger charge is 2.28. The Hall–Kier alpha value is -2.78. The van der Waals surface area contributed by atoms with E-state index in [2.05, 4.69) is 4.72 Å². The topological polar surface area (TPSA) is 94.2 Å². The second-order valence-corrected chi connectivity index (χ2v) is 8.89. The predicted octanol–water partition coefficient (Wildman–Crippen LogP) is 3.27. The average Bonchev–Trinajstić information content (AvgIpc) is 3.22. The molecule has 168 valence electrons. The van der Waals surface area contributed by atoms with E-state index in [0.29, 0.717) is 42.3 Å². The quantitative estimate of drug-likeness (QED) is 0.633. The molecule has 0 aliphatic carbocycles. The van der Waals surface area contributed by atoms with Crippen LogP contribution in [0.3, 0.4) is 0 Å². The van der Waals surface area contributed by atoms with Gasteiger partial charge in [0.05, 0.1) is 31.9 Å². The van der Waals surface area contributed by atoms with Crippen molar-refractivity contribution in [2.24, 2.45) is 0 Å². The molecular weight excluding hydrogens is 420 g/mol. The van der Waals surface area contributed by atoms with Crippen LogP contribution in [0.2, 0.25) is 0 Å². The summed E-state index contributed by atoms with van der Waals surface area (Å²) in [5.41, 5.74) is 1.22. The van der Waals surface area contributed by atoms with Gasteiger partial charge in [-0.2, -0.15) is 0 Å². The molecule has 1 saturated heterocycles. The number of hydrogen-bond acceptors (Lipinski definition) is 6. The van der Waals surface area contributed by atoms with E-state index in [0.717, 1.165) is 12.0 Å². The summed E-state index contributed by atoms with van der Waals surface area (Å²) in [6.45, 7) is 2.43. The third-order valence-electron chi connectivity index (χ3n) is 5.34. The zero-order valence-corrected chi connectivity index (χ0v) is 19.0. The molecule has 2 aromatic rings. The number of sulfonamides is 1. The number of benzene rings is 2. The monoisotopic (exact) mass is 448 g/mol. The molecule has 0 bridgehead atoms. The molecule has 3 rings (SSSR count). The molecule has 1 unspecified atom stereocenters. The first kappa shape index (κ1) is 22.9. The van der Waals surface area contributed by atoms with Gasteiger partial charge in [-0.25, -0.2) is 13.1 Å². The molecule has 1 amide bonds. The minimum absolute atomic E-state index is 0.0439. The van der Waals surface area contributed by atoms with Crippen molar-refractivity contribution in [2.45, 2.75) is 37.1 Å². The van der Waals surface area contributed by atoms with Gasteiger partial charge in [-0.05, 0) is 48.7 Å². The summed E-state index contributed by atoms with van der Waals surface area (Å²) in [6, 6.07) is 9.39. The maximum absolute atomic E-state index is 13.2. The number of nitrogens with zero attached hydrogens (tertiary/aromatic N) is 1. The maximum Gasteiger partial charge on any atom is 0.241 e. The lowest BCUT2D eigenvalue weighted by Crippen LogP contribution is -2.29. The number of methoxy groups -OCH3 is 3. The standard InChI is InChI=1S/C22H28N2O6S/c1-5-17(15-8-10-20(29-3)21(13-15)30-4)23-31(26,27)16-9-11-19(28-2)18(14-16)24-12-6-7-22(24)25/h8-11,13-14,17,23H,5-7,12H2,1-4H3. The lowest BCUT2D eigenvalue weighted by Gasteiger charge is -2.22. The van der Waals surface area contributed by atoms with Crippen LogP contribution in [0.1, 0.15) is 37.8 Å². The van der Waals surface area contributed by atoms with Crippen LogP contribution in [0.4, 0.5) is 5.69 Å². The van der Waals surface area contributed by atoms with Gasteiger partial charge < -0.3 is 19.1 Å². The fraction of sp³-hybridized carbons (Fsp3) is 0.409. The van der Waals surface area contributed by atoms with Crippen molar-refractivity contribution in [1.82, 2.24) is 4.72 Å². The van der Waals surface area contributed by atoms with E-state index in [1.807, 2.05) is 6.92 Å². The molecule has 0 aromatic heterocycles. The van der Waals surface area contributed by atoms with Crippen LogP contribution in [0.25, 0.3) is 0 Å². The number of nitrogens with one attached hydrogen (secondary N) is 1. The van der Waals surface area contributed by atoms with E-state index in [-0.39, 0.29) is 10.8 Å². The number of carbonyl (C=O) groups is 1. The molecule has 1 aliphatic heterocycles. The number of ether oxygens (including phenoxy) is 3. The Balaban J connectivity index is 1.93. The molecule has 0 spiro atoms. The van der Waals surface area contributed by atoms with E-state index in [9.17, 15) is 13.2 Å². The van der Waals surface area contributed by atoms with E-state index >= 15 is 0 Å². The maximum atomic E-state index is 13.2. The summed E-state index contributed by atoms with van der Waals surface area (Å²) >= 11 is 0. The molecule has 1 atom stereocenters. The molecular formula is C22H28N2O6S. The van der Waals surface area contributed by atoms with Crippen LogP contribution < -0.4 is 23.8 Å². The second-order valence-electron chi connectivity index (χ2n) is 7.18. The Morgan fingerprint density at radius 2 is 1.68 bits per heavy atom. The van der Waals surface area contributed by atoms with Gasteiger partial charge in [0.25, 0.3) is 0 Å². The van der Waals surface area contributed by atoms with E-state index < -0.39 is 16.1 Å². The lowest BCUT2D eigenvalue weighted by molar-refractivity contribution is -0.117. The minimum Gasteiger partial charge on any atom is -0.495 e. The Kier molecular flexibility index (Phi) is 7.07. The lowest BCUT2D eigenvalue weighted by atomic mass is 10.1. The minimum atomic E-state index is -3.87. The van der Waals surface area contributed by atoms with E-state index in [1.54, 1.807) is 36.3 Å². The van der Waals surface area contributed by atoms with Crippen LogP contribution in [0.15, 0.2) is 41.3 Å². The van der Waals surface area contributed by atoms with Gasteiger partial charge in [-0.15, -0.1) is 0 Å². The molecule has 1 N–H and O–H groups in total. The molecule has 8 nitrogen and oxygen atoms in total. The summed E-state index contributed by atoms with van der Waals surface area (Å²) in [6.07, 6.45) is 1.70. The van der Waals surface area contributed by atoms with E-state index in [4.69, 9.17) is 14.2 Å². The van der Waals surface area contributed by atoms with Crippen molar-refractivity contribution < 1.29 is 27.4 Å². The molecule has 0 radical (unpaired) electrons. The number of rotatable bonds is 9.